The highest BCUT2D eigenvalue weighted by Crippen LogP contribution is 2.21. The highest BCUT2D eigenvalue weighted by molar-refractivity contribution is 5.33. The summed E-state index contributed by atoms with van der Waals surface area (Å²) in [5.41, 5.74) is 6.36. The summed E-state index contributed by atoms with van der Waals surface area (Å²) in [6.07, 6.45) is 2.98. The number of nitrogens with two attached hydrogens (primary N) is 1. The van der Waals surface area contributed by atoms with Crippen molar-refractivity contribution in [1.29, 1.82) is 0 Å². The third kappa shape index (κ3) is 2.88. The molecule has 1 aromatic heterocycles. The molecule has 2 atom stereocenters. The average Bonchev–Trinajstić information content (AvgIpc) is 2.59. The van der Waals surface area contributed by atoms with Gasteiger partial charge in [-0.15, -0.1) is 0 Å². The maximum atomic E-state index is 11.6. The van der Waals surface area contributed by atoms with E-state index in [-0.39, 0.29) is 5.56 Å². The van der Waals surface area contributed by atoms with Crippen LogP contribution in [0.15, 0.2) is 23.1 Å². The second-order valence-electron chi connectivity index (χ2n) is 5.18. The van der Waals surface area contributed by atoms with Gasteiger partial charge in [0.2, 0.25) is 0 Å². The van der Waals surface area contributed by atoms with Crippen LogP contribution in [0.5, 0.6) is 0 Å². The number of aromatic nitrogens is 1. The molecule has 4 heteroatoms. The van der Waals surface area contributed by atoms with E-state index >= 15 is 0 Å². The predicted octanol–water partition coefficient (Wildman–Crippen LogP) is 1.16. The van der Waals surface area contributed by atoms with Crippen molar-refractivity contribution in [2.45, 2.75) is 32.9 Å². The summed E-state index contributed by atoms with van der Waals surface area (Å²) in [7, 11) is 0. The first kappa shape index (κ1) is 12.2. The Hall–Kier alpha value is -1.29. The smallest absolute Gasteiger partial charge is 0.250 e. The molecule has 1 aromatic rings. The van der Waals surface area contributed by atoms with Crippen molar-refractivity contribution in [2.24, 2.45) is 5.92 Å². The molecule has 1 saturated heterocycles. The van der Waals surface area contributed by atoms with E-state index in [9.17, 15) is 4.79 Å². The van der Waals surface area contributed by atoms with Crippen LogP contribution in [0, 0.1) is 5.92 Å². The molecule has 1 fully saturated rings. The summed E-state index contributed by atoms with van der Waals surface area (Å²) in [5.74, 6) is 0.766. The second kappa shape index (κ2) is 4.92. The van der Waals surface area contributed by atoms with Crippen molar-refractivity contribution in [3.05, 3.63) is 28.7 Å². The Kier molecular flexibility index (Phi) is 3.52. The molecule has 2 heterocycles. The molecule has 2 rings (SSSR count). The fourth-order valence-electron chi connectivity index (χ4n) is 2.66. The van der Waals surface area contributed by atoms with Gasteiger partial charge in [-0.25, -0.2) is 0 Å². The minimum absolute atomic E-state index is 0.0269. The van der Waals surface area contributed by atoms with Gasteiger partial charge in [0.1, 0.15) is 0 Å². The van der Waals surface area contributed by atoms with Gasteiger partial charge in [-0.1, -0.05) is 6.92 Å². The fourth-order valence-corrected chi connectivity index (χ4v) is 2.66. The summed E-state index contributed by atoms with van der Waals surface area (Å²) in [6, 6.07) is 3.81. The van der Waals surface area contributed by atoms with Crippen LogP contribution in [0.1, 0.15) is 20.3 Å². The maximum absolute atomic E-state index is 11.6. The van der Waals surface area contributed by atoms with Gasteiger partial charge in [0, 0.05) is 43.6 Å². The molecule has 0 aliphatic carbocycles. The van der Waals surface area contributed by atoms with Gasteiger partial charge < -0.3 is 10.3 Å². The van der Waals surface area contributed by atoms with Gasteiger partial charge in [0.15, 0.2) is 0 Å². The summed E-state index contributed by atoms with van der Waals surface area (Å²) in [6.45, 7) is 7.32. The van der Waals surface area contributed by atoms with Crippen molar-refractivity contribution in [2.75, 3.05) is 18.8 Å². The molecule has 1 aliphatic heterocycles. The van der Waals surface area contributed by atoms with E-state index in [0.29, 0.717) is 11.7 Å². The Morgan fingerprint density at radius 3 is 2.76 bits per heavy atom. The summed E-state index contributed by atoms with van der Waals surface area (Å²) in [4.78, 5) is 14.1. The Labute approximate surface area is 102 Å². The summed E-state index contributed by atoms with van der Waals surface area (Å²) >= 11 is 0. The van der Waals surface area contributed by atoms with Crippen LogP contribution < -0.4 is 11.3 Å². The van der Waals surface area contributed by atoms with Crippen molar-refractivity contribution in [1.82, 2.24) is 9.47 Å². The number of nitrogen functional groups attached to an aromatic ring is 1. The summed E-state index contributed by atoms with van der Waals surface area (Å²) < 4.78 is 1.70. The van der Waals surface area contributed by atoms with Crippen LogP contribution >= 0.6 is 0 Å². The van der Waals surface area contributed by atoms with Gasteiger partial charge >= 0.3 is 0 Å². The van der Waals surface area contributed by atoms with E-state index in [4.69, 9.17) is 5.73 Å². The molecular formula is C13H21N3O. The molecule has 4 nitrogen and oxygen atoms in total. The van der Waals surface area contributed by atoms with Crippen LogP contribution in [0.3, 0.4) is 0 Å². The standard InChI is InChI=1S/C13H21N3O/c1-10-7-11(2)15(8-10)5-6-16-9-12(14)3-4-13(16)17/h3-4,9-11H,5-8,14H2,1-2H3. The molecule has 17 heavy (non-hydrogen) atoms. The Morgan fingerprint density at radius 2 is 2.12 bits per heavy atom. The molecular weight excluding hydrogens is 214 g/mol. The number of hydrogen-bond acceptors (Lipinski definition) is 3. The fraction of sp³-hybridized carbons (Fsp3) is 0.615. The average molecular weight is 235 g/mol. The van der Waals surface area contributed by atoms with Crippen LogP contribution in [-0.2, 0) is 6.54 Å². The largest absolute Gasteiger partial charge is 0.398 e. The SMILES string of the molecule is CC1CC(C)N(CCn2cc(N)ccc2=O)C1. The molecule has 2 N–H and O–H groups in total. The zero-order valence-corrected chi connectivity index (χ0v) is 10.6. The molecule has 2 unspecified atom stereocenters. The van der Waals surface area contributed by atoms with E-state index in [1.807, 2.05) is 0 Å². The van der Waals surface area contributed by atoms with Gasteiger partial charge in [-0.2, -0.15) is 0 Å². The highest BCUT2D eigenvalue weighted by atomic mass is 16.1. The molecule has 0 amide bonds. The minimum Gasteiger partial charge on any atom is -0.398 e. The van der Waals surface area contributed by atoms with E-state index in [1.165, 1.54) is 12.5 Å². The van der Waals surface area contributed by atoms with Crippen LogP contribution in [-0.4, -0.2) is 28.6 Å². The van der Waals surface area contributed by atoms with E-state index in [2.05, 4.69) is 18.7 Å². The Bertz CT molecular complexity index is 441. The highest BCUT2D eigenvalue weighted by Gasteiger charge is 2.25. The second-order valence-corrected chi connectivity index (χ2v) is 5.18. The maximum Gasteiger partial charge on any atom is 0.250 e. The number of nitrogens with zero attached hydrogens (tertiary/aromatic N) is 2. The summed E-state index contributed by atoms with van der Waals surface area (Å²) in [5, 5.41) is 0. The monoisotopic (exact) mass is 235 g/mol. The van der Waals surface area contributed by atoms with Gasteiger partial charge in [0.25, 0.3) is 5.56 Å². The zero-order chi connectivity index (χ0) is 12.4. The third-order valence-corrected chi connectivity index (χ3v) is 3.55. The van der Waals surface area contributed by atoms with Crippen LogP contribution in [0.4, 0.5) is 5.69 Å². The first-order chi connectivity index (χ1) is 8.06. The number of hydrogen-bond donors (Lipinski definition) is 1. The van der Waals surface area contributed by atoms with Crippen LogP contribution in [0.25, 0.3) is 0 Å². The predicted molar refractivity (Wildman–Crippen MR) is 69.9 cm³/mol. The molecule has 94 valence electrons. The van der Waals surface area contributed by atoms with Gasteiger partial charge in [-0.3, -0.25) is 9.69 Å². The van der Waals surface area contributed by atoms with Gasteiger partial charge in [-0.05, 0) is 25.3 Å². The van der Waals surface area contributed by atoms with E-state index in [0.717, 1.165) is 25.6 Å². The molecule has 0 radical (unpaired) electrons. The van der Waals surface area contributed by atoms with Gasteiger partial charge in [0.05, 0.1) is 0 Å². The van der Waals surface area contributed by atoms with Crippen molar-refractivity contribution >= 4 is 5.69 Å². The van der Waals surface area contributed by atoms with Crippen molar-refractivity contribution < 1.29 is 0 Å². The molecule has 0 bridgehead atoms. The third-order valence-electron chi connectivity index (χ3n) is 3.55. The molecule has 0 aromatic carbocycles. The minimum atomic E-state index is 0.0269. The Balaban J connectivity index is 1.98. The first-order valence-corrected chi connectivity index (χ1v) is 6.26. The van der Waals surface area contributed by atoms with E-state index in [1.54, 1.807) is 16.8 Å². The quantitative estimate of drug-likeness (QED) is 0.855. The normalized spacial score (nSPS) is 25.3. The number of anilines is 1. The Morgan fingerprint density at radius 1 is 1.35 bits per heavy atom. The first-order valence-electron chi connectivity index (χ1n) is 6.26. The number of pyridine rings is 1. The lowest BCUT2D eigenvalue weighted by Crippen LogP contribution is -2.33. The lowest BCUT2D eigenvalue weighted by molar-refractivity contribution is 0.253. The lowest BCUT2D eigenvalue weighted by Gasteiger charge is -2.21. The lowest BCUT2D eigenvalue weighted by atomic mass is 10.1. The van der Waals surface area contributed by atoms with Crippen molar-refractivity contribution in [3.63, 3.8) is 0 Å². The molecule has 0 saturated carbocycles. The van der Waals surface area contributed by atoms with Crippen molar-refractivity contribution in [3.8, 4) is 0 Å². The molecule has 1 aliphatic rings. The topological polar surface area (TPSA) is 51.3 Å². The van der Waals surface area contributed by atoms with Crippen LogP contribution in [0.2, 0.25) is 0 Å². The molecule has 0 spiro atoms. The zero-order valence-electron chi connectivity index (χ0n) is 10.6. The number of rotatable bonds is 3. The number of likely N-dealkylation sites (tertiary alicyclic amines) is 1. The van der Waals surface area contributed by atoms with E-state index < -0.39 is 0 Å².